The van der Waals surface area contributed by atoms with Crippen LogP contribution in [0.3, 0.4) is 0 Å². The fraction of sp³-hybridized carbons (Fsp3) is 0.538. The Labute approximate surface area is 102 Å². The molecule has 1 aliphatic rings. The summed E-state index contributed by atoms with van der Waals surface area (Å²) in [4.78, 5) is 0. The van der Waals surface area contributed by atoms with Crippen molar-refractivity contribution in [3.05, 3.63) is 23.8 Å². The highest BCUT2D eigenvalue weighted by atomic mass is 16.6. The van der Waals surface area contributed by atoms with Crippen molar-refractivity contribution in [2.24, 2.45) is 0 Å². The Morgan fingerprint density at radius 2 is 1.94 bits per heavy atom. The van der Waals surface area contributed by atoms with E-state index in [-0.39, 0.29) is 18.7 Å². The number of aliphatic hydroxyl groups excluding tert-OH is 1. The number of nitrogens with one attached hydrogen (secondary N) is 1. The summed E-state index contributed by atoms with van der Waals surface area (Å²) in [6.07, 6.45) is 0. The molecule has 1 aromatic rings. The molecule has 2 N–H and O–H groups in total. The lowest BCUT2D eigenvalue weighted by Gasteiger charge is -2.22. The lowest BCUT2D eigenvalue weighted by atomic mass is 10.1. The van der Waals surface area contributed by atoms with Crippen molar-refractivity contribution >= 4 is 0 Å². The standard InChI is InChI=1S/C13H19NO3/c1-9(8-15)14-10(2)11-3-4-12-13(7-11)17-6-5-16-12/h3-4,7,9-10,14-15H,5-6,8H2,1-2H3/t9-,10?/m1/s1. The fourth-order valence-electron chi connectivity index (χ4n) is 1.90. The van der Waals surface area contributed by atoms with Crippen LogP contribution in [0.4, 0.5) is 0 Å². The van der Waals surface area contributed by atoms with Gasteiger partial charge in [-0.2, -0.15) is 0 Å². The van der Waals surface area contributed by atoms with Crippen LogP contribution in [0.1, 0.15) is 25.5 Å². The summed E-state index contributed by atoms with van der Waals surface area (Å²) < 4.78 is 11.0. The van der Waals surface area contributed by atoms with Gasteiger partial charge in [0, 0.05) is 12.1 Å². The van der Waals surface area contributed by atoms with Gasteiger partial charge in [-0.1, -0.05) is 6.07 Å². The van der Waals surface area contributed by atoms with Gasteiger partial charge in [-0.25, -0.2) is 0 Å². The first-order valence-electron chi connectivity index (χ1n) is 5.97. The van der Waals surface area contributed by atoms with Gasteiger partial charge in [0.2, 0.25) is 0 Å². The lowest BCUT2D eigenvalue weighted by molar-refractivity contribution is 0.171. The van der Waals surface area contributed by atoms with Crippen LogP contribution in [0.15, 0.2) is 18.2 Å². The van der Waals surface area contributed by atoms with Gasteiger partial charge >= 0.3 is 0 Å². The summed E-state index contributed by atoms with van der Waals surface area (Å²) >= 11 is 0. The van der Waals surface area contributed by atoms with Crippen LogP contribution in [-0.2, 0) is 0 Å². The predicted octanol–water partition coefficient (Wildman–Crippen LogP) is 1.49. The molecule has 1 unspecified atom stereocenters. The maximum absolute atomic E-state index is 9.02. The van der Waals surface area contributed by atoms with Crippen molar-refractivity contribution in [2.45, 2.75) is 25.9 Å². The van der Waals surface area contributed by atoms with Crippen molar-refractivity contribution < 1.29 is 14.6 Å². The maximum atomic E-state index is 9.02. The molecule has 4 nitrogen and oxygen atoms in total. The second-order valence-electron chi connectivity index (χ2n) is 4.38. The molecule has 0 saturated heterocycles. The summed E-state index contributed by atoms with van der Waals surface area (Å²) in [6, 6.07) is 6.21. The molecule has 0 aliphatic carbocycles. The third kappa shape index (κ3) is 2.90. The number of hydrogen-bond acceptors (Lipinski definition) is 4. The van der Waals surface area contributed by atoms with Gasteiger partial charge < -0.3 is 19.9 Å². The second kappa shape index (κ2) is 5.38. The van der Waals surface area contributed by atoms with E-state index in [1.165, 1.54) is 0 Å². The van der Waals surface area contributed by atoms with E-state index in [0.717, 1.165) is 17.1 Å². The highest BCUT2D eigenvalue weighted by molar-refractivity contribution is 5.44. The van der Waals surface area contributed by atoms with Crippen LogP contribution in [0.5, 0.6) is 11.5 Å². The molecule has 1 aromatic carbocycles. The van der Waals surface area contributed by atoms with Crippen molar-refractivity contribution in [3.63, 3.8) is 0 Å². The predicted molar refractivity (Wildman–Crippen MR) is 65.5 cm³/mol. The molecule has 0 aromatic heterocycles. The zero-order valence-corrected chi connectivity index (χ0v) is 10.3. The quantitative estimate of drug-likeness (QED) is 0.833. The maximum Gasteiger partial charge on any atom is 0.161 e. The van der Waals surface area contributed by atoms with E-state index in [4.69, 9.17) is 14.6 Å². The first kappa shape index (κ1) is 12.2. The minimum Gasteiger partial charge on any atom is -0.486 e. The van der Waals surface area contributed by atoms with Crippen LogP contribution in [-0.4, -0.2) is 31.0 Å². The van der Waals surface area contributed by atoms with Crippen LogP contribution >= 0.6 is 0 Å². The van der Waals surface area contributed by atoms with Crippen LogP contribution in [0.2, 0.25) is 0 Å². The first-order valence-corrected chi connectivity index (χ1v) is 5.97. The Kier molecular flexibility index (Phi) is 3.86. The Hall–Kier alpha value is -1.26. The zero-order valence-electron chi connectivity index (χ0n) is 10.3. The molecule has 0 spiro atoms. The second-order valence-corrected chi connectivity index (χ2v) is 4.38. The van der Waals surface area contributed by atoms with E-state index in [1.54, 1.807) is 0 Å². The fourth-order valence-corrected chi connectivity index (χ4v) is 1.90. The van der Waals surface area contributed by atoms with Gasteiger partial charge in [0.05, 0.1) is 6.61 Å². The smallest absolute Gasteiger partial charge is 0.161 e. The van der Waals surface area contributed by atoms with Crippen LogP contribution < -0.4 is 14.8 Å². The van der Waals surface area contributed by atoms with Crippen molar-refractivity contribution in [2.75, 3.05) is 19.8 Å². The molecular formula is C13H19NO3. The number of hydrogen-bond donors (Lipinski definition) is 2. The van der Waals surface area contributed by atoms with E-state index in [2.05, 4.69) is 12.2 Å². The number of rotatable bonds is 4. The largest absolute Gasteiger partial charge is 0.486 e. The molecule has 0 saturated carbocycles. The lowest BCUT2D eigenvalue weighted by Crippen LogP contribution is -2.31. The van der Waals surface area contributed by atoms with Crippen LogP contribution in [0, 0.1) is 0 Å². The highest BCUT2D eigenvalue weighted by Crippen LogP contribution is 2.32. The monoisotopic (exact) mass is 237 g/mol. The molecule has 0 amide bonds. The minimum absolute atomic E-state index is 0.0817. The van der Waals surface area contributed by atoms with E-state index in [0.29, 0.717) is 13.2 Å². The van der Waals surface area contributed by atoms with Gasteiger partial charge in [-0.3, -0.25) is 0 Å². The average molecular weight is 237 g/mol. The van der Waals surface area contributed by atoms with E-state index < -0.39 is 0 Å². The molecule has 17 heavy (non-hydrogen) atoms. The van der Waals surface area contributed by atoms with Crippen molar-refractivity contribution in [1.29, 1.82) is 0 Å². The summed E-state index contributed by atoms with van der Waals surface area (Å²) in [6.45, 7) is 5.37. The highest BCUT2D eigenvalue weighted by Gasteiger charge is 2.15. The average Bonchev–Trinajstić information content (AvgIpc) is 2.38. The molecule has 2 atom stereocenters. The van der Waals surface area contributed by atoms with Gasteiger partial charge in [0.1, 0.15) is 13.2 Å². The zero-order chi connectivity index (χ0) is 12.3. The minimum atomic E-state index is 0.0817. The molecular weight excluding hydrogens is 218 g/mol. The molecule has 1 aliphatic heterocycles. The summed E-state index contributed by atoms with van der Waals surface area (Å²) in [5.41, 5.74) is 1.13. The molecule has 1 heterocycles. The Morgan fingerprint density at radius 1 is 1.24 bits per heavy atom. The van der Waals surface area contributed by atoms with Gasteiger partial charge in [0.15, 0.2) is 11.5 Å². The van der Waals surface area contributed by atoms with E-state index in [1.807, 2.05) is 25.1 Å². The first-order chi connectivity index (χ1) is 8.20. The number of aliphatic hydroxyl groups is 1. The van der Waals surface area contributed by atoms with Gasteiger partial charge in [-0.15, -0.1) is 0 Å². The van der Waals surface area contributed by atoms with Crippen molar-refractivity contribution in [3.8, 4) is 11.5 Å². The molecule has 0 bridgehead atoms. The number of benzene rings is 1. The molecule has 4 heteroatoms. The Morgan fingerprint density at radius 3 is 2.65 bits per heavy atom. The van der Waals surface area contributed by atoms with Gasteiger partial charge in [0.25, 0.3) is 0 Å². The summed E-state index contributed by atoms with van der Waals surface area (Å²) in [5, 5.41) is 12.3. The number of ether oxygens (including phenoxy) is 2. The summed E-state index contributed by atoms with van der Waals surface area (Å²) in [7, 11) is 0. The molecule has 2 rings (SSSR count). The van der Waals surface area contributed by atoms with E-state index in [9.17, 15) is 0 Å². The SMILES string of the molecule is CC(N[C@H](C)CO)c1ccc2c(c1)OCCO2. The number of fused-ring (bicyclic) bond motifs is 1. The van der Waals surface area contributed by atoms with Gasteiger partial charge in [-0.05, 0) is 31.5 Å². The third-order valence-corrected chi connectivity index (χ3v) is 2.87. The molecule has 94 valence electrons. The van der Waals surface area contributed by atoms with E-state index >= 15 is 0 Å². The van der Waals surface area contributed by atoms with Crippen LogP contribution in [0.25, 0.3) is 0 Å². The third-order valence-electron chi connectivity index (χ3n) is 2.87. The molecule has 0 radical (unpaired) electrons. The topological polar surface area (TPSA) is 50.7 Å². The van der Waals surface area contributed by atoms with Crippen molar-refractivity contribution in [1.82, 2.24) is 5.32 Å². The Bertz CT molecular complexity index is 381. The normalized spacial score (nSPS) is 17.6. The Balaban J connectivity index is 2.10. The summed E-state index contributed by atoms with van der Waals surface area (Å²) in [5.74, 6) is 1.61. The molecule has 0 fully saturated rings.